The largest absolute Gasteiger partial charge is 0.350 e. The lowest BCUT2D eigenvalue weighted by Gasteiger charge is -2.36. The number of hydrogen-bond acceptors (Lipinski definition) is 6. The van der Waals surface area contributed by atoms with E-state index in [1.54, 1.807) is 11.8 Å². The Morgan fingerprint density at radius 1 is 1.33 bits per heavy atom. The maximum atomic E-state index is 12.7. The monoisotopic (exact) mass is 377 g/mol. The van der Waals surface area contributed by atoms with Gasteiger partial charge in [0.15, 0.2) is 6.29 Å². The normalized spacial score (nSPS) is 21.7. The SMILES string of the molecule is CC(NC(=O)c1cccc([N+](=O)[O-])c1)C(=O)N1CCCC(C2OCCO2)C1. The Labute approximate surface area is 156 Å². The van der Waals surface area contributed by atoms with E-state index in [1.165, 1.54) is 24.3 Å². The molecule has 9 nitrogen and oxygen atoms in total. The molecule has 1 aromatic carbocycles. The topological polar surface area (TPSA) is 111 Å². The van der Waals surface area contributed by atoms with E-state index in [0.29, 0.717) is 26.3 Å². The van der Waals surface area contributed by atoms with E-state index >= 15 is 0 Å². The Morgan fingerprint density at radius 3 is 2.78 bits per heavy atom. The summed E-state index contributed by atoms with van der Waals surface area (Å²) < 4.78 is 11.1. The molecule has 2 fully saturated rings. The highest BCUT2D eigenvalue weighted by molar-refractivity contribution is 5.97. The van der Waals surface area contributed by atoms with Crippen LogP contribution in [0.5, 0.6) is 0 Å². The number of likely N-dealkylation sites (tertiary alicyclic amines) is 1. The predicted octanol–water partition coefficient (Wildman–Crippen LogP) is 1.32. The van der Waals surface area contributed by atoms with Gasteiger partial charge in [-0.15, -0.1) is 0 Å². The van der Waals surface area contributed by atoms with E-state index in [-0.39, 0.29) is 29.4 Å². The third kappa shape index (κ3) is 4.61. The van der Waals surface area contributed by atoms with Crippen molar-refractivity contribution in [2.45, 2.75) is 32.1 Å². The van der Waals surface area contributed by atoms with Crippen LogP contribution in [0.1, 0.15) is 30.1 Å². The molecule has 9 heteroatoms. The average molecular weight is 377 g/mol. The molecular formula is C18H23N3O6. The Kier molecular flexibility index (Phi) is 6.02. The van der Waals surface area contributed by atoms with Crippen molar-refractivity contribution < 1.29 is 24.0 Å². The van der Waals surface area contributed by atoms with E-state index in [2.05, 4.69) is 5.32 Å². The summed E-state index contributed by atoms with van der Waals surface area (Å²) in [6.45, 7) is 3.92. The average Bonchev–Trinajstić information content (AvgIpc) is 3.22. The number of nitro benzene ring substituents is 1. The second kappa shape index (κ2) is 8.45. The fraction of sp³-hybridized carbons (Fsp3) is 0.556. The Hall–Kier alpha value is -2.52. The number of hydrogen-bond donors (Lipinski definition) is 1. The highest BCUT2D eigenvalue weighted by Crippen LogP contribution is 2.25. The van der Waals surface area contributed by atoms with Crippen molar-refractivity contribution in [1.82, 2.24) is 10.2 Å². The second-order valence-corrected chi connectivity index (χ2v) is 6.80. The van der Waals surface area contributed by atoms with Crippen LogP contribution in [0.25, 0.3) is 0 Å². The molecule has 1 N–H and O–H groups in total. The lowest BCUT2D eigenvalue weighted by atomic mass is 9.97. The summed E-state index contributed by atoms with van der Waals surface area (Å²) in [4.78, 5) is 37.1. The third-order valence-corrected chi connectivity index (χ3v) is 4.84. The van der Waals surface area contributed by atoms with Crippen LogP contribution >= 0.6 is 0 Å². The van der Waals surface area contributed by atoms with Crippen LogP contribution in [0.2, 0.25) is 0 Å². The van der Waals surface area contributed by atoms with Crippen LogP contribution < -0.4 is 5.32 Å². The minimum atomic E-state index is -0.735. The number of piperidine rings is 1. The molecule has 2 heterocycles. The number of amides is 2. The van der Waals surface area contributed by atoms with Crippen molar-refractivity contribution in [3.05, 3.63) is 39.9 Å². The van der Waals surface area contributed by atoms with E-state index in [1.807, 2.05) is 0 Å². The van der Waals surface area contributed by atoms with Crippen LogP contribution in [-0.4, -0.2) is 60.3 Å². The maximum Gasteiger partial charge on any atom is 0.270 e. The number of non-ortho nitro benzene ring substituents is 1. The highest BCUT2D eigenvalue weighted by Gasteiger charge is 2.34. The summed E-state index contributed by atoms with van der Waals surface area (Å²) in [5.74, 6) is -0.572. The molecule has 0 bridgehead atoms. The molecule has 1 aromatic rings. The smallest absolute Gasteiger partial charge is 0.270 e. The molecule has 2 unspecified atom stereocenters. The number of nitro groups is 1. The first-order valence-corrected chi connectivity index (χ1v) is 9.03. The van der Waals surface area contributed by atoms with Crippen molar-refractivity contribution >= 4 is 17.5 Å². The van der Waals surface area contributed by atoms with Gasteiger partial charge in [-0.2, -0.15) is 0 Å². The zero-order valence-corrected chi connectivity index (χ0v) is 15.1. The van der Waals surface area contributed by atoms with Crippen LogP contribution in [0.15, 0.2) is 24.3 Å². The third-order valence-electron chi connectivity index (χ3n) is 4.84. The molecule has 0 aliphatic carbocycles. The quantitative estimate of drug-likeness (QED) is 0.612. The first-order chi connectivity index (χ1) is 13.0. The zero-order chi connectivity index (χ0) is 19.4. The summed E-state index contributed by atoms with van der Waals surface area (Å²) in [5.41, 5.74) is -0.0230. The number of nitrogens with one attached hydrogen (secondary N) is 1. The molecule has 0 aromatic heterocycles. The van der Waals surface area contributed by atoms with Crippen LogP contribution in [0.3, 0.4) is 0 Å². The molecule has 146 valence electrons. The zero-order valence-electron chi connectivity index (χ0n) is 15.1. The maximum absolute atomic E-state index is 12.7. The molecule has 0 spiro atoms. The minimum absolute atomic E-state index is 0.130. The van der Waals surface area contributed by atoms with Gasteiger partial charge in [-0.1, -0.05) is 6.07 Å². The number of carbonyl (C=O) groups is 2. The first kappa shape index (κ1) is 19.2. The summed E-state index contributed by atoms with van der Waals surface area (Å²) >= 11 is 0. The fourth-order valence-corrected chi connectivity index (χ4v) is 3.46. The molecule has 2 aliphatic rings. The molecule has 3 rings (SSSR count). The van der Waals surface area contributed by atoms with Gasteiger partial charge in [0.2, 0.25) is 5.91 Å². The Bertz CT molecular complexity index is 719. The Balaban J connectivity index is 1.59. The molecular weight excluding hydrogens is 354 g/mol. The molecule has 2 saturated heterocycles. The molecule has 0 saturated carbocycles. The first-order valence-electron chi connectivity index (χ1n) is 9.03. The summed E-state index contributed by atoms with van der Waals surface area (Å²) in [5, 5.41) is 13.5. The molecule has 2 atom stereocenters. The minimum Gasteiger partial charge on any atom is -0.350 e. The molecule has 2 amide bonds. The van der Waals surface area contributed by atoms with Gasteiger partial charge < -0.3 is 19.7 Å². The van der Waals surface area contributed by atoms with E-state index in [0.717, 1.165) is 12.8 Å². The highest BCUT2D eigenvalue weighted by atomic mass is 16.7. The Morgan fingerprint density at radius 2 is 2.07 bits per heavy atom. The van der Waals surface area contributed by atoms with Crippen molar-refractivity contribution in [2.75, 3.05) is 26.3 Å². The molecule has 0 radical (unpaired) electrons. The van der Waals surface area contributed by atoms with Crippen LogP contribution in [-0.2, 0) is 14.3 Å². The lowest BCUT2D eigenvalue weighted by molar-refractivity contribution is -0.384. The number of ether oxygens (including phenoxy) is 2. The second-order valence-electron chi connectivity index (χ2n) is 6.80. The fourth-order valence-electron chi connectivity index (χ4n) is 3.46. The summed E-state index contributed by atoms with van der Waals surface area (Å²) in [6, 6.07) is 4.69. The predicted molar refractivity (Wildman–Crippen MR) is 95.0 cm³/mol. The van der Waals surface area contributed by atoms with Crippen molar-refractivity contribution in [2.24, 2.45) is 5.92 Å². The van der Waals surface area contributed by atoms with Crippen molar-refractivity contribution in [3.8, 4) is 0 Å². The molecule has 27 heavy (non-hydrogen) atoms. The number of rotatable bonds is 5. The standard InChI is InChI=1S/C18H23N3O6/c1-12(19-16(22)13-4-2-6-15(10-13)21(24)25)17(23)20-7-3-5-14(11-20)18-26-8-9-27-18/h2,4,6,10,12,14,18H,3,5,7-9,11H2,1H3,(H,19,22). The van der Waals surface area contributed by atoms with Gasteiger partial charge in [-0.05, 0) is 25.8 Å². The van der Waals surface area contributed by atoms with Gasteiger partial charge in [0.1, 0.15) is 6.04 Å². The summed E-state index contributed by atoms with van der Waals surface area (Å²) in [6.07, 6.45) is 1.52. The van der Waals surface area contributed by atoms with Crippen LogP contribution in [0, 0.1) is 16.0 Å². The van der Waals surface area contributed by atoms with Gasteiger partial charge in [-0.3, -0.25) is 19.7 Å². The van der Waals surface area contributed by atoms with E-state index in [4.69, 9.17) is 9.47 Å². The van der Waals surface area contributed by atoms with Gasteiger partial charge in [0, 0.05) is 36.7 Å². The number of nitrogens with zero attached hydrogens (tertiary/aromatic N) is 2. The summed E-state index contributed by atoms with van der Waals surface area (Å²) in [7, 11) is 0. The van der Waals surface area contributed by atoms with Crippen LogP contribution in [0.4, 0.5) is 5.69 Å². The molecule has 2 aliphatic heterocycles. The van der Waals surface area contributed by atoms with E-state index in [9.17, 15) is 19.7 Å². The van der Waals surface area contributed by atoms with Gasteiger partial charge in [0.25, 0.3) is 11.6 Å². The van der Waals surface area contributed by atoms with Gasteiger partial charge in [-0.25, -0.2) is 0 Å². The number of carbonyl (C=O) groups excluding carboxylic acids is 2. The van der Waals surface area contributed by atoms with Gasteiger partial charge >= 0.3 is 0 Å². The number of benzene rings is 1. The van der Waals surface area contributed by atoms with E-state index < -0.39 is 16.9 Å². The lowest BCUT2D eigenvalue weighted by Crippen LogP contribution is -2.51. The van der Waals surface area contributed by atoms with Crippen molar-refractivity contribution in [3.63, 3.8) is 0 Å². The van der Waals surface area contributed by atoms with Crippen molar-refractivity contribution in [1.29, 1.82) is 0 Å². The van der Waals surface area contributed by atoms with Gasteiger partial charge in [0.05, 0.1) is 18.1 Å².